The van der Waals surface area contributed by atoms with Crippen LogP contribution in [0, 0.1) is 5.92 Å². The van der Waals surface area contributed by atoms with Gasteiger partial charge in [0, 0.05) is 6.54 Å². The van der Waals surface area contributed by atoms with Crippen LogP contribution < -0.4 is 0 Å². The molecule has 0 saturated carbocycles. The number of hydrogen-bond acceptors (Lipinski definition) is 4. The van der Waals surface area contributed by atoms with Crippen LogP contribution in [0.4, 0.5) is 0 Å². The molecule has 4 heteroatoms. The molecule has 0 bridgehead atoms. The van der Waals surface area contributed by atoms with Crippen molar-refractivity contribution in [2.45, 2.75) is 32.7 Å². The van der Waals surface area contributed by atoms with E-state index in [0.717, 1.165) is 24.8 Å². The van der Waals surface area contributed by atoms with Gasteiger partial charge in [0.25, 0.3) is 0 Å². The fourth-order valence-electron chi connectivity index (χ4n) is 2.52. The Bertz CT molecular complexity index is 413. The average molecular weight is 251 g/mol. The highest BCUT2D eigenvalue weighted by atomic mass is 16.5. The highest BCUT2D eigenvalue weighted by Crippen LogP contribution is 2.29. The first-order chi connectivity index (χ1) is 8.65. The number of carbonyl (C=O) groups excluding carboxylic acids is 1. The number of hydrogen-bond donors (Lipinski definition) is 0. The molecule has 0 aliphatic carbocycles. The lowest BCUT2D eigenvalue weighted by molar-refractivity contribution is 0.0559. The van der Waals surface area contributed by atoms with Crippen molar-refractivity contribution in [2.24, 2.45) is 5.92 Å². The molecule has 0 spiro atoms. The van der Waals surface area contributed by atoms with Gasteiger partial charge in [0.05, 0.1) is 13.2 Å². The van der Waals surface area contributed by atoms with E-state index in [4.69, 9.17) is 4.42 Å². The minimum atomic E-state index is -0.415. The summed E-state index contributed by atoms with van der Waals surface area (Å²) in [5.74, 6) is 1.50. The van der Waals surface area contributed by atoms with Gasteiger partial charge in [-0.1, -0.05) is 13.3 Å². The van der Waals surface area contributed by atoms with Gasteiger partial charge in [-0.25, -0.2) is 4.79 Å². The zero-order chi connectivity index (χ0) is 13.1. The zero-order valence-electron chi connectivity index (χ0n) is 11.3. The third-order valence-corrected chi connectivity index (χ3v) is 3.87. The molecule has 0 amide bonds. The molecule has 2 heterocycles. The highest BCUT2D eigenvalue weighted by Gasteiger charge is 2.27. The topological polar surface area (TPSA) is 42.7 Å². The summed E-state index contributed by atoms with van der Waals surface area (Å²) >= 11 is 0. The van der Waals surface area contributed by atoms with Crippen molar-refractivity contribution in [3.63, 3.8) is 0 Å². The van der Waals surface area contributed by atoms with Gasteiger partial charge in [0.15, 0.2) is 0 Å². The van der Waals surface area contributed by atoms with E-state index in [1.54, 1.807) is 6.07 Å². The van der Waals surface area contributed by atoms with Crippen molar-refractivity contribution >= 4 is 5.97 Å². The van der Waals surface area contributed by atoms with Gasteiger partial charge in [-0.05, 0) is 37.9 Å². The maximum Gasteiger partial charge on any atom is 0.373 e. The molecule has 2 atom stereocenters. The van der Waals surface area contributed by atoms with Crippen LogP contribution in [0.1, 0.15) is 49.0 Å². The average Bonchev–Trinajstić information content (AvgIpc) is 3.05. The highest BCUT2D eigenvalue weighted by molar-refractivity contribution is 5.86. The van der Waals surface area contributed by atoms with E-state index >= 15 is 0 Å². The molecule has 1 aromatic rings. The number of carbonyl (C=O) groups is 1. The molecule has 2 unspecified atom stereocenters. The molecule has 1 aromatic heterocycles. The summed E-state index contributed by atoms with van der Waals surface area (Å²) in [5.41, 5.74) is 0. The fraction of sp³-hybridized carbons (Fsp3) is 0.643. The van der Waals surface area contributed by atoms with E-state index in [1.807, 2.05) is 6.07 Å². The first kappa shape index (κ1) is 13.1. The molecule has 18 heavy (non-hydrogen) atoms. The molecule has 0 N–H and O–H groups in total. The van der Waals surface area contributed by atoms with Crippen LogP contribution in [-0.4, -0.2) is 31.1 Å². The molecule has 4 nitrogen and oxygen atoms in total. The molecule has 1 fully saturated rings. The molecule has 0 aromatic carbocycles. The van der Waals surface area contributed by atoms with Crippen molar-refractivity contribution < 1.29 is 13.9 Å². The third kappa shape index (κ3) is 2.58. The second-order valence-electron chi connectivity index (χ2n) is 4.93. The number of likely N-dealkylation sites (tertiary alicyclic amines) is 1. The second kappa shape index (κ2) is 5.57. The maximum absolute atomic E-state index is 11.3. The molecule has 1 aliphatic rings. The summed E-state index contributed by atoms with van der Waals surface area (Å²) in [4.78, 5) is 13.8. The Hall–Kier alpha value is -1.29. The minimum Gasteiger partial charge on any atom is -0.463 e. The van der Waals surface area contributed by atoms with Crippen LogP contribution in [0.2, 0.25) is 0 Å². The third-order valence-electron chi connectivity index (χ3n) is 3.87. The minimum absolute atomic E-state index is 0.222. The smallest absolute Gasteiger partial charge is 0.373 e. The first-order valence-electron chi connectivity index (χ1n) is 6.57. The van der Waals surface area contributed by atoms with Gasteiger partial charge in [-0.2, -0.15) is 0 Å². The van der Waals surface area contributed by atoms with E-state index < -0.39 is 5.97 Å². The predicted molar refractivity (Wildman–Crippen MR) is 68.4 cm³/mol. The van der Waals surface area contributed by atoms with Crippen LogP contribution in [0.25, 0.3) is 0 Å². The number of ether oxygens (including phenoxy) is 1. The molecule has 1 aliphatic heterocycles. The van der Waals surface area contributed by atoms with Gasteiger partial charge < -0.3 is 9.15 Å². The summed E-state index contributed by atoms with van der Waals surface area (Å²) in [6.07, 6.45) is 2.49. The zero-order valence-corrected chi connectivity index (χ0v) is 11.3. The van der Waals surface area contributed by atoms with Crippen molar-refractivity contribution in [1.29, 1.82) is 0 Å². The van der Waals surface area contributed by atoms with Crippen LogP contribution >= 0.6 is 0 Å². The maximum atomic E-state index is 11.3. The van der Waals surface area contributed by atoms with E-state index in [1.165, 1.54) is 20.0 Å². The molecular weight excluding hydrogens is 230 g/mol. The summed E-state index contributed by atoms with van der Waals surface area (Å²) in [6.45, 7) is 6.58. The standard InChI is InChI=1S/C14H21NO3/c1-4-11-7-8-15(9-11)10(2)12-5-6-13(18-12)14(16)17-3/h5-6,10-11H,4,7-9H2,1-3H3. The number of methoxy groups -OCH3 is 1. The fourth-order valence-corrected chi connectivity index (χ4v) is 2.52. The normalized spacial score (nSPS) is 22.1. The van der Waals surface area contributed by atoms with Crippen molar-refractivity contribution in [2.75, 3.05) is 20.2 Å². The molecule has 2 rings (SSSR count). The van der Waals surface area contributed by atoms with Crippen LogP contribution in [0.15, 0.2) is 16.5 Å². The number of furan rings is 1. The Morgan fingerprint density at radius 1 is 1.61 bits per heavy atom. The largest absolute Gasteiger partial charge is 0.463 e. The quantitative estimate of drug-likeness (QED) is 0.772. The van der Waals surface area contributed by atoms with Gasteiger partial charge in [0.1, 0.15) is 5.76 Å². The van der Waals surface area contributed by atoms with Crippen molar-refractivity contribution in [3.8, 4) is 0 Å². The van der Waals surface area contributed by atoms with E-state index in [-0.39, 0.29) is 11.8 Å². The second-order valence-corrected chi connectivity index (χ2v) is 4.93. The predicted octanol–water partition coefficient (Wildman–Crippen LogP) is 2.86. The summed E-state index contributed by atoms with van der Waals surface area (Å²) in [6, 6.07) is 3.78. The lowest BCUT2D eigenvalue weighted by Crippen LogP contribution is -2.24. The lowest BCUT2D eigenvalue weighted by Gasteiger charge is -2.22. The van der Waals surface area contributed by atoms with Crippen LogP contribution in [0.3, 0.4) is 0 Å². The Morgan fingerprint density at radius 3 is 3.00 bits per heavy atom. The lowest BCUT2D eigenvalue weighted by atomic mass is 10.1. The molecular formula is C14H21NO3. The number of esters is 1. The van der Waals surface area contributed by atoms with E-state index in [9.17, 15) is 4.79 Å². The van der Waals surface area contributed by atoms with Gasteiger partial charge in [-0.15, -0.1) is 0 Å². The van der Waals surface area contributed by atoms with E-state index in [2.05, 4.69) is 23.5 Å². The Kier molecular flexibility index (Phi) is 4.07. The Balaban J connectivity index is 2.03. The monoisotopic (exact) mass is 251 g/mol. The summed E-state index contributed by atoms with van der Waals surface area (Å²) in [7, 11) is 1.36. The van der Waals surface area contributed by atoms with Crippen LogP contribution in [-0.2, 0) is 4.74 Å². The SMILES string of the molecule is CCC1CCN(C(C)c2ccc(C(=O)OC)o2)C1. The summed E-state index contributed by atoms with van der Waals surface area (Å²) < 4.78 is 10.2. The van der Waals surface area contributed by atoms with Crippen molar-refractivity contribution in [1.82, 2.24) is 4.90 Å². The van der Waals surface area contributed by atoms with Crippen LogP contribution in [0.5, 0.6) is 0 Å². The molecule has 100 valence electrons. The summed E-state index contributed by atoms with van der Waals surface area (Å²) in [5, 5.41) is 0. The number of nitrogens with zero attached hydrogens (tertiary/aromatic N) is 1. The Morgan fingerprint density at radius 2 is 2.39 bits per heavy atom. The Labute approximate surface area is 108 Å². The van der Waals surface area contributed by atoms with Gasteiger partial charge in [0.2, 0.25) is 5.76 Å². The first-order valence-corrected chi connectivity index (χ1v) is 6.57. The molecule has 0 radical (unpaired) electrons. The van der Waals surface area contributed by atoms with Gasteiger partial charge in [-0.3, -0.25) is 4.90 Å². The van der Waals surface area contributed by atoms with Gasteiger partial charge >= 0.3 is 5.97 Å². The van der Waals surface area contributed by atoms with E-state index in [0.29, 0.717) is 0 Å². The number of rotatable bonds is 4. The van der Waals surface area contributed by atoms with Crippen molar-refractivity contribution in [3.05, 3.63) is 23.7 Å². The molecule has 1 saturated heterocycles.